The first kappa shape index (κ1) is 58.5. The number of anilines is 2. The zero-order valence-corrected chi connectivity index (χ0v) is 47.8. The van der Waals surface area contributed by atoms with E-state index in [-0.39, 0.29) is 75.7 Å². The Labute approximate surface area is 470 Å². The SMILES string of the molecule is CN(C)C(=O)c1cc(-c2cc(NCc3ccc(Cl)s3)n(C(=O)C(C)(C)C)n2)c(=O)n(CC(=O)c2cnoc2)c1.CN(C)C(=O)c1cc(=O)n(CC(=O)c2cnccn2)cc1-c1cc(NCc2ccc(Cl)s2)n(C(=O)C(C)(C)C)n1. The van der Waals surface area contributed by atoms with Crippen LogP contribution in [0.25, 0.3) is 22.5 Å². The predicted octanol–water partition coefficient (Wildman–Crippen LogP) is 8.40. The smallest absolute Gasteiger partial charge is 0.260 e. The molecule has 2 amide bonds. The summed E-state index contributed by atoms with van der Waals surface area (Å²) in [6, 6.07) is 13.1. The third-order valence-corrected chi connectivity index (χ3v) is 14.0. The summed E-state index contributed by atoms with van der Waals surface area (Å²) < 4.78 is 10.8. The van der Waals surface area contributed by atoms with Crippen molar-refractivity contribution in [3.8, 4) is 22.5 Å². The Kier molecular flexibility index (Phi) is 17.9. The molecule has 22 nitrogen and oxygen atoms in total. The van der Waals surface area contributed by atoms with E-state index in [0.717, 1.165) is 14.3 Å². The number of amides is 2. The molecule has 0 saturated carbocycles. The number of pyridine rings is 2. The average Bonchev–Trinajstić information content (AvgIpc) is 4.33. The second-order valence-electron chi connectivity index (χ2n) is 20.3. The van der Waals surface area contributed by atoms with Gasteiger partial charge in [0.05, 0.1) is 75.2 Å². The molecule has 0 radical (unpaired) electrons. The van der Waals surface area contributed by atoms with Crippen LogP contribution >= 0.6 is 45.9 Å². The lowest BCUT2D eigenvalue weighted by Gasteiger charge is -2.18. The molecule has 79 heavy (non-hydrogen) atoms. The maximum Gasteiger partial charge on any atom is 0.260 e. The fourth-order valence-electron chi connectivity index (χ4n) is 7.37. The van der Waals surface area contributed by atoms with Gasteiger partial charge in [0.25, 0.3) is 34.7 Å². The Morgan fingerprint density at radius 3 is 1.66 bits per heavy atom. The first-order valence-corrected chi connectivity index (χ1v) is 26.5. The van der Waals surface area contributed by atoms with Gasteiger partial charge >= 0.3 is 0 Å². The summed E-state index contributed by atoms with van der Waals surface area (Å²) in [5, 5.41) is 19.0. The number of halogens is 2. The summed E-state index contributed by atoms with van der Waals surface area (Å²) in [5.74, 6) is -1.48. The van der Waals surface area contributed by atoms with Gasteiger partial charge in [-0.1, -0.05) is 69.9 Å². The van der Waals surface area contributed by atoms with Gasteiger partial charge in [-0.15, -0.1) is 22.7 Å². The van der Waals surface area contributed by atoms with Gasteiger partial charge in [-0.05, 0) is 30.3 Å². The van der Waals surface area contributed by atoms with E-state index in [1.807, 2.05) is 12.1 Å². The van der Waals surface area contributed by atoms with E-state index in [4.69, 9.17) is 27.7 Å². The molecule has 0 unspecified atom stereocenters. The van der Waals surface area contributed by atoms with Crippen LogP contribution in [-0.4, -0.2) is 117 Å². The first-order valence-electron chi connectivity index (χ1n) is 24.1. The molecular weight excluding hydrogens is 1100 g/mol. The summed E-state index contributed by atoms with van der Waals surface area (Å²) in [5.41, 5.74) is -1.32. The molecule has 26 heteroatoms. The lowest BCUT2D eigenvalue weighted by atomic mass is 9.96. The van der Waals surface area contributed by atoms with Crippen molar-refractivity contribution in [2.75, 3.05) is 38.8 Å². The molecule has 412 valence electrons. The van der Waals surface area contributed by atoms with Crippen LogP contribution in [0.1, 0.15) is 102 Å². The normalized spacial score (nSPS) is 11.4. The molecule has 0 aliphatic heterocycles. The summed E-state index contributed by atoms with van der Waals surface area (Å²) in [4.78, 5) is 117. The molecule has 0 fully saturated rings. The minimum atomic E-state index is -0.778. The van der Waals surface area contributed by atoms with E-state index in [0.29, 0.717) is 33.4 Å². The summed E-state index contributed by atoms with van der Waals surface area (Å²) in [6.07, 6.45) is 9.31. The summed E-state index contributed by atoms with van der Waals surface area (Å²) in [6.45, 7) is 10.7. The quantitative estimate of drug-likeness (QED) is 0.0860. The summed E-state index contributed by atoms with van der Waals surface area (Å²) >= 11 is 14.9. The largest absolute Gasteiger partial charge is 0.365 e. The highest BCUT2D eigenvalue weighted by molar-refractivity contribution is 7.16. The number of carbonyl (C=O) groups is 6. The number of aromatic nitrogens is 9. The van der Waals surface area contributed by atoms with Crippen LogP contribution in [0.5, 0.6) is 0 Å². The maximum absolute atomic E-state index is 13.6. The molecule has 2 N–H and O–H groups in total. The molecule has 0 bridgehead atoms. The molecule has 0 aliphatic rings. The minimum absolute atomic E-state index is 0.0588. The number of ketones is 2. The highest BCUT2D eigenvalue weighted by Gasteiger charge is 2.31. The molecule has 0 spiro atoms. The van der Waals surface area contributed by atoms with Crippen LogP contribution in [0.3, 0.4) is 0 Å². The second kappa shape index (κ2) is 24.2. The Morgan fingerprint density at radius 2 is 1.19 bits per heavy atom. The van der Waals surface area contributed by atoms with Crippen LogP contribution in [0.15, 0.2) is 106 Å². The van der Waals surface area contributed by atoms with Crippen molar-refractivity contribution in [3.63, 3.8) is 0 Å². The van der Waals surface area contributed by atoms with E-state index in [1.54, 1.807) is 94.0 Å². The molecule has 0 aromatic carbocycles. The topological polar surface area (TPSA) is 264 Å². The van der Waals surface area contributed by atoms with Crippen LogP contribution < -0.4 is 21.8 Å². The van der Waals surface area contributed by atoms with Crippen molar-refractivity contribution in [3.05, 3.63) is 153 Å². The standard InChI is InChI=1S/C27H28ClN7O4S.C26H27ClN6O5S/c1-27(2,3)26(39)35-23(31-12-16-6-7-22(28)40-16)11-19(32-35)18-14-34(15-21(36)20-13-29-8-9-30-20)24(37)10-17(18)25(38)33(4)5;1-26(2,3)25(37)33-22(28-11-17-6-7-21(27)39-17)9-19(30-33)18-8-15(23(35)31(4)5)12-32(24(18)36)13-20(34)16-10-29-38-14-16/h6-11,13-14,31H,12,15H2,1-5H3;6-10,12,14,28H,11,13H2,1-5H3. The third-order valence-electron chi connectivity index (χ3n) is 11.5. The average molecular weight is 1150 g/mol. The molecular formula is C53H55Cl2N13O9S2. The van der Waals surface area contributed by atoms with E-state index in [2.05, 4.69) is 36.0 Å². The van der Waals surface area contributed by atoms with E-state index >= 15 is 0 Å². The van der Waals surface area contributed by atoms with Gasteiger partial charge in [0.1, 0.15) is 29.3 Å². The van der Waals surface area contributed by atoms with Crippen molar-refractivity contribution in [1.29, 1.82) is 0 Å². The van der Waals surface area contributed by atoms with E-state index in [1.165, 1.54) is 102 Å². The molecule has 8 rings (SSSR count). The minimum Gasteiger partial charge on any atom is -0.365 e. The van der Waals surface area contributed by atoms with Crippen LogP contribution in [0, 0.1) is 10.8 Å². The number of Topliss-reactive ketones (excluding diaryl/α,β-unsaturated/α-hetero) is 2. The van der Waals surface area contributed by atoms with Crippen molar-refractivity contribution < 1.29 is 33.3 Å². The zero-order chi connectivity index (χ0) is 57.7. The van der Waals surface area contributed by atoms with Gasteiger partial charge in [-0.2, -0.15) is 19.6 Å². The molecule has 8 aromatic heterocycles. The van der Waals surface area contributed by atoms with Crippen molar-refractivity contribution in [2.45, 2.75) is 67.7 Å². The number of rotatable bonds is 16. The number of hydrogen-bond acceptors (Lipinski definition) is 18. The Bertz CT molecular complexity index is 3710. The lowest BCUT2D eigenvalue weighted by Crippen LogP contribution is -2.30. The third kappa shape index (κ3) is 14.1. The van der Waals surface area contributed by atoms with Gasteiger partial charge in [0.2, 0.25) is 5.78 Å². The zero-order valence-electron chi connectivity index (χ0n) is 44.7. The number of thiophene rings is 2. The second-order valence-corrected chi connectivity index (χ2v) is 23.9. The number of nitrogens with one attached hydrogen (secondary N) is 2. The van der Waals surface area contributed by atoms with Crippen molar-refractivity contribution >= 4 is 92.7 Å². The van der Waals surface area contributed by atoms with Gasteiger partial charge in [0, 0.05) is 97.3 Å². The highest BCUT2D eigenvalue weighted by Crippen LogP contribution is 2.31. The Hall–Kier alpha value is -8.19. The maximum atomic E-state index is 13.6. The van der Waals surface area contributed by atoms with Crippen LogP contribution in [0.4, 0.5) is 11.6 Å². The van der Waals surface area contributed by atoms with Crippen molar-refractivity contribution in [2.24, 2.45) is 10.8 Å². The van der Waals surface area contributed by atoms with Gasteiger partial charge < -0.3 is 34.1 Å². The fourth-order valence-corrected chi connectivity index (χ4v) is 9.42. The lowest BCUT2D eigenvalue weighted by molar-refractivity contribution is 0.0746. The van der Waals surface area contributed by atoms with Gasteiger partial charge in [-0.3, -0.25) is 43.3 Å². The number of hydrogen-bond donors (Lipinski definition) is 2. The molecule has 0 atom stereocenters. The predicted molar refractivity (Wildman–Crippen MR) is 301 cm³/mol. The van der Waals surface area contributed by atoms with Gasteiger partial charge in [0.15, 0.2) is 5.78 Å². The van der Waals surface area contributed by atoms with Crippen LogP contribution in [0.2, 0.25) is 8.67 Å². The molecule has 8 aromatic rings. The number of carbonyl (C=O) groups excluding carboxylic acids is 6. The monoisotopic (exact) mass is 1150 g/mol. The Morgan fingerprint density at radius 1 is 0.646 bits per heavy atom. The number of nitrogens with zero attached hydrogens (tertiary/aromatic N) is 11. The van der Waals surface area contributed by atoms with Crippen LogP contribution in [-0.2, 0) is 26.2 Å². The Balaban J connectivity index is 0.000000229. The first-order chi connectivity index (χ1) is 37.2. The fraction of sp³-hybridized carbons (Fsp3) is 0.302. The van der Waals surface area contributed by atoms with Gasteiger partial charge in [-0.25, -0.2) is 4.98 Å². The van der Waals surface area contributed by atoms with Crippen molar-refractivity contribution in [1.82, 2.24) is 53.6 Å². The molecule has 0 aliphatic carbocycles. The summed E-state index contributed by atoms with van der Waals surface area (Å²) in [7, 11) is 6.29. The highest BCUT2D eigenvalue weighted by atomic mass is 35.5. The molecule has 8 heterocycles. The van der Waals surface area contributed by atoms with E-state index in [9.17, 15) is 38.4 Å². The van der Waals surface area contributed by atoms with E-state index < -0.39 is 39.4 Å². The molecule has 0 saturated heterocycles.